The van der Waals surface area contributed by atoms with E-state index in [4.69, 9.17) is 4.74 Å². The maximum atomic E-state index is 13.6. The Labute approximate surface area is 174 Å². The van der Waals surface area contributed by atoms with Gasteiger partial charge in [-0.3, -0.25) is 9.69 Å². The fraction of sp³-hybridized carbons (Fsp3) is 0.286. The molecule has 0 saturated heterocycles. The van der Waals surface area contributed by atoms with Gasteiger partial charge in [-0.15, -0.1) is 0 Å². The average molecular weight is 434 g/mol. The third kappa shape index (κ3) is 4.43. The van der Waals surface area contributed by atoms with E-state index in [1.54, 1.807) is 0 Å². The number of ether oxygens (including phenoxy) is 1. The van der Waals surface area contributed by atoms with Crippen LogP contribution in [0.25, 0.3) is 11.4 Å². The van der Waals surface area contributed by atoms with E-state index in [0.29, 0.717) is 54.3 Å². The van der Waals surface area contributed by atoms with Crippen LogP contribution in [0, 0.1) is 5.82 Å². The molecule has 0 radical (unpaired) electrons. The second kappa shape index (κ2) is 8.10. The zero-order chi connectivity index (χ0) is 22.2. The van der Waals surface area contributed by atoms with Crippen molar-refractivity contribution in [1.29, 1.82) is 0 Å². The molecule has 0 aliphatic carbocycles. The van der Waals surface area contributed by atoms with Gasteiger partial charge in [0.25, 0.3) is 5.56 Å². The van der Waals surface area contributed by atoms with Crippen LogP contribution >= 0.6 is 0 Å². The number of H-pyrrole nitrogens is 1. The molecule has 0 spiro atoms. The number of hydrogen-bond acceptors (Lipinski definition) is 5. The molecule has 10 heteroatoms. The van der Waals surface area contributed by atoms with E-state index in [-0.39, 0.29) is 11.4 Å². The Bertz CT molecular complexity index is 1160. The van der Waals surface area contributed by atoms with Gasteiger partial charge in [-0.2, -0.15) is 13.2 Å². The molecule has 162 valence electrons. The molecular weight excluding hydrogens is 416 g/mol. The van der Waals surface area contributed by atoms with Crippen LogP contribution in [0.1, 0.15) is 22.4 Å². The predicted molar refractivity (Wildman–Crippen MR) is 104 cm³/mol. The monoisotopic (exact) mass is 434 g/mol. The molecule has 2 aromatic heterocycles. The van der Waals surface area contributed by atoms with Crippen LogP contribution in [0.15, 0.2) is 41.3 Å². The van der Waals surface area contributed by atoms with Crippen molar-refractivity contribution in [1.82, 2.24) is 19.9 Å². The Morgan fingerprint density at radius 1 is 1.23 bits per heavy atom. The van der Waals surface area contributed by atoms with Crippen molar-refractivity contribution >= 4 is 0 Å². The number of hydrogen-bond donors (Lipinski definition) is 1. The largest absolute Gasteiger partial charge is 0.481 e. The Morgan fingerprint density at radius 2 is 1.97 bits per heavy atom. The summed E-state index contributed by atoms with van der Waals surface area (Å²) in [6.45, 7) is 1.20. The summed E-state index contributed by atoms with van der Waals surface area (Å²) in [5.41, 5.74) is 0.912. The first-order valence-electron chi connectivity index (χ1n) is 9.45. The van der Waals surface area contributed by atoms with Crippen LogP contribution in [0.5, 0.6) is 5.88 Å². The minimum atomic E-state index is -4.43. The highest BCUT2D eigenvalue weighted by Gasteiger charge is 2.30. The Morgan fingerprint density at radius 3 is 2.65 bits per heavy atom. The molecule has 0 saturated carbocycles. The Hall–Kier alpha value is -3.27. The van der Waals surface area contributed by atoms with Crippen molar-refractivity contribution in [3.8, 4) is 17.3 Å². The Kier molecular flexibility index (Phi) is 5.48. The number of nitrogens with zero attached hydrogens (tertiary/aromatic N) is 3. The summed E-state index contributed by atoms with van der Waals surface area (Å²) in [6, 6.07) is 5.82. The fourth-order valence-corrected chi connectivity index (χ4v) is 3.58. The van der Waals surface area contributed by atoms with Gasteiger partial charge < -0.3 is 9.72 Å². The lowest BCUT2D eigenvalue weighted by Gasteiger charge is -2.28. The van der Waals surface area contributed by atoms with Crippen LogP contribution in [-0.2, 0) is 25.7 Å². The lowest BCUT2D eigenvalue weighted by Crippen LogP contribution is -2.35. The van der Waals surface area contributed by atoms with E-state index >= 15 is 0 Å². The predicted octanol–water partition coefficient (Wildman–Crippen LogP) is 3.56. The molecule has 0 atom stereocenters. The van der Waals surface area contributed by atoms with Crippen LogP contribution in [0.4, 0.5) is 17.6 Å². The summed E-state index contributed by atoms with van der Waals surface area (Å²) >= 11 is 0. The summed E-state index contributed by atoms with van der Waals surface area (Å²) in [6.07, 6.45) is -2.89. The molecule has 31 heavy (non-hydrogen) atoms. The highest BCUT2D eigenvalue weighted by Crippen LogP contribution is 2.30. The number of alkyl halides is 3. The third-order valence-electron chi connectivity index (χ3n) is 5.11. The molecule has 4 rings (SSSR count). The van der Waals surface area contributed by atoms with Crippen LogP contribution < -0.4 is 10.3 Å². The van der Waals surface area contributed by atoms with Gasteiger partial charge in [-0.25, -0.2) is 14.4 Å². The SMILES string of the molecule is COc1ncc(F)cc1CN1CCc2nc(-c3ccc(C(F)(F)F)cc3)[nH]c(=O)c2C1. The molecule has 3 heterocycles. The van der Waals surface area contributed by atoms with E-state index in [9.17, 15) is 22.4 Å². The van der Waals surface area contributed by atoms with Gasteiger partial charge in [-0.05, 0) is 18.2 Å². The topological polar surface area (TPSA) is 71.1 Å². The molecule has 1 aromatic carbocycles. The number of methoxy groups -OCH3 is 1. The van der Waals surface area contributed by atoms with Crippen LogP contribution in [-0.4, -0.2) is 33.5 Å². The van der Waals surface area contributed by atoms with Gasteiger partial charge in [0.2, 0.25) is 5.88 Å². The van der Waals surface area contributed by atoms with E-state index in [0.717, 1.165) is 18.3 Å². The average Bonchev–Trinajstić information content (AvgIpc) is 2.74. The summed E-state index contributed by atoms with van der Waals surface area (Å²) < 4.78 is 57.0. The van der Waals surface area contributed by atoms with E-state index in [2.05, 4.69) is 15.0 Å². The lowest BCUT2D eigenvalue weighted by molar-refractivity contribution is -0.137. The summed E-state index contributed by atoms with van der Waals surface area (Å²) in [5.74, 6) is 0.0627. The number of pyridine rings is 1. The molecule has 0 bridgehead atoms. The minimum Gasteiger partial charge on any atom is -0.481 e. The second-order valence-corrected chi connectivity index (χ2v) is 7.20. The van der Waals surface area contributed by atoms with Gasteiger partial charge in [0.15, 0.2) is 0 Å². The van der Waals surface area contributed by atoms with Crippen molar-refractivity contribution < 1.29 is 22.3 Å². The number of aromatic nitrogens is 3. The van der Waals surface area contributed by atoms with E-state index < -0.39 is 17.6 Å². The number of halogens is 4. The maximum Gasteiger partial charge on any atom is 0.416 e. The highest BCUT2D eigenvalue weighted by molar-refractivity contribution is 5.56. The third-order valence-corrected chi connectivity index (χ3v) is 5.11. The van der Waals surface area contributed by atoms with Gasteiger partial charge in [0.05, 0.1) is 30.1 Å². The smallest absolute Gasteiger partial charge is 0.416 e. The molecule has 0 unspecified atom stereocenters. The maximum absolute atomic E-state index is 13.6. The second-order valence-electron chi connectivity index (χ2n) is 7.20. The van der Waals surface area contributed by atoms with Crippen LogP contribution in [0.2, 0.25) is 0 Å². The van der Waals surface area contributed by atoms with Gasteiger partial charge >= 0.3 is 6.18 Å². The zero-order valence-electron chi connectivity index (χ0n) is 16.5. The first-order valence-corrected chi connectivity index (χ1v) is 9.45. The first kappa shape index (κ1) is 21.0. The molecule has 1 N–H and O–H groups in total. The lowest BCUT2D eigenvalue weighted by atomic mass is 10.1. The fourth-order valence-electron chi connectivity index (χ4n) is 3.58. The molecule has 3 aromatic rings. The van der Waals surface area contributed by atoms with Gasteiger partial charge in [-0.1, -0.05) is 12.1 Å². The molecule has 1 aliphatic rings. The van der Waals surface area contributed by atoms with E-state index in [1.165, 1.54) is 25.3 Å². The molecule has 0 fully saturated rings. The molecule has 6 nitrogen and oxygen atoms in total. The molecule has 0 amide bonds. The number of rotatable bonds is 4. The Balaban J connectivity index is 1.57. The number of nitrogens with one attached hydrogen (secondary N) is 1. The normalized spacial score (nSPS) is 14.4. The molecular formula is C21H18F4N4O2. The van der Waals surface area contributed by atoms with Gasteiger partial charge in [0, 0.05) is 37.2 Å². The van der Waals surface area contributed by atoms with Crippen molar-refractivity contribution in [3.05, 3.63) is 75.1 Å². The number of fused-ring (bicyclic) bond motifs is 1. The zero-order valence-corrected chi connectivity index (χ0v) is 16.5. The first-order chi connectivity index (χ1) is 14.7. The quantitative estimate of drug-likeness (QED) is 0.636. The number of benzene rings is 1. The summed E-state index contributed by atoms with van der Waals surface area (Å²) in [7, 11) is 1.45. The summed E-state index contributed by atoms with van der Waals surface area (Å²) in [4.78, 5) is 25.6. The van der Waals surface area contributed by atoms with Crippen molar-refractivity contribution in [2.75, 3.05) is 13.7 Å². The molecule has 1 aliphatic heterocycles. The van der Waals surface area contributed by atoms with Crippen molar-refractivity contribution in [2.24, 2.45) is 0 Å². The number of aromatic amines is 1. The highest BCUT2D eigenvalue weighted by atomic mass is 19.4. The van der Waals surface area contributed by atoms with Crippen LogP contribution in [0.3, 0.4) is 0 Å². The standard InChI is InChI=1S/C21H18F4N4O2/c1-31-20-13(8-15(22)9-26-20)10-29-7-6-17-16(11-29)19(30)28-18(27-17)12-2-4-14(5-3-12)21(23,24)25/h2-5,8-9H,6-7,10-11H2,1H3,(H,27,28,30). The van der Waals surface area contributed by atoms with Gasteiger partial charge in [0.1, 0.15) is 11.6 Å². The van der Waals surface area contributed by atoms with Crippen molar-refractivity contribution in [3.63, 3.8) is 0 Å². The van der Waals surface area contributed by atoms with E-state index in [1.807, 2.05) is 4.90 Å². The van der Waals surface area contributed by atoms with Crippen molar-refractivity contribution in [2.45, 2.75) is 25.7 Å². The summed E-state index contributed by atoms with van der Waals surface area (Å²) in [5, 5.41) is 0. The minimum absolute atomic E-state index is 0.224.